The molecule has 6 nitrogen and oxygen atoms in total. The summed E-state index contributed by atoms with van der Waals surface area (Å²) in [6.45, 7) is 3.94. The largest absolute Gasteiger partial charge is 0.478 e. The lowest BCUT2D eigenvalue weighted by Gasteiger charge is -2.35. The topological polar surface area (TPSA) is 101 Å². The van der Waals surface area contributed by atoms with E-state index in [9.17, 15) is 13.2 Å². The van der Waals surface area contributed by atoms with Crippen LogP contribution in [0.5, 0.6) is 0 Å². The first-order chi connectivity index (χ1) is 9.21. The second-order valence-electron chi connectivity index (χ2n) is 5.19. The maximum atomic E-state index is 11.6. The Morgan fingerprint density at radius 2 is 2.10 bits per heavy atom. The minimum absolute atomic E-state index is 0.0561. The minimum Gasteiger partial charge on any atom is -0.478 e. The summed E-state index contributed by atoms with van der Waals surface area (Å²) in [5.41, 5.74) is 7.46. The number of aryl methyl sites for hydroxylation is 1. The number of hydrogen-bond acceptors (Lipinski definition) is 5. The highest BCUT2D eigenvalue weighted by Gasteiger charge is 2.29. The van der Waals surface area contributed by atoms with Crippen LogP contribution in [0.1, 0.15) is 22.8 Å². The van der Waals surface area contributed by atoms with E-state index in [1.807, 2.05) is 11.8 Å². The second kappa shape index (κ2) is 4.97. The van der Waals surface area contributed by atoms with E-state index in [2.05, 4.69) is 0 Å². The number of sulfone groups is 1. The molecular formula is C13H18N2O4S. The van der Waals surface area contributed by atoms with Gasteiger partial charge in [-0.05, 0) is 31.5 Å². The summed E-state index contributed by atoms with van der Waals surface area (Å²) in [6.07, 6.45) is 0. The van der Waals surface area contributed by atoms with Crippen LogP contribution < -0.4 is 10.6 Å². The Kier molecular flexibility index (Phi) is 3.64. The molecule has 0 aliphatic carbocycles. The third-order valence-corrected chi connectivity index (χ3v) is 5.40. The van der Waals surface area contributed by atoms with Gasteiger partial charge in [0.25, 0.3) is 0 Å². The summed E-state index contributed by atoms with van der Waals surface area (Å²) in [5.74, 6) is -0.910. The number of hydrogen-bond donors (Lipinski definition) is 2. The van der Waals surface area contributed by atoms with Crippen molar-refractivity contribution in [1.29, 1.82) is 0 Å². The molecule has 1 aromatic carbocycles. The summed E-state index contributed by atoms with van der Waals surface area (Å²) < 4.78 is 23.2. The van der Waals surface area contributed by atoms with Crippen molar-refractivity contribution in [2.24, 2.45) is 0 Å². The maximum Gasteiger partial charge on any atom is 0.337 e. The fourth-order valence-electron chi connectivity index (χ4n) is 2.50. The van der Waals surface area contributed by atoms with Crippen molar-refractivity contribution < 1.29 is 18.3 Å². The quantitative estimate of drug-likeness (QED) is 0.787. The molecule has 3 N–H and O–H groups in total. The summed E-state index contributed by atoms with van der Waals surface area (Å²) in [6, 6.07) is 3.13. The Labute approximate surface area is 118 Å². The lowest BCUT2D eigenvalue weighted by atomic mass is 10.1. The molecular weight excluding hydrogens is 280 g/mol. The predicted molar refractivity (Wildman–Crippen MR) is 78.0 cm³/mol. The fourth-order valence-corrected chi connectivity index (χ4v) is 4.06. The van der Waals surface area contributed by atoms with E-state index in [1.54, 1.807) is 13.0 Å². The number of nitrogens with zero attached hydrogens (tertiary/aromatic N) is 1. The Balaban J connectivity index is 2.41. The summed E-state index contributed by atoms with van der Waals surface area (Å²) >= 11 is 0. The molecule has 1 unspecified atom stereocenters. The van der Waals surface area contributed by atoms with Gasteiger partial charge in [0.2, 0.25) is 0 Å². The van der Waals surface area contributed by atoms with Crippen molar-refractivity contribution in [3.8, 4) is 0 Å². The zero-order chi connectivity index (χ0) is 15.1. The van der Waals surface area contributed by atoms with Crippen molar-refractivity contribution in [3.05, 3.63) is 23.3 Å². The molecule has 1 aliphatic heterocycles. The van der Waals surface area contributed by atoms with E-state index in [0.717, 1.165) is 0 Å². The molecule has 0 radical (unpaired) electrons. The van der Waals surface area contributed by atoms with Crippen LogP contribution in [0.2, 0.25) is 0 Å². The highest BCUT2D eigenvalue weighted by Crippen LogP contribution is 2.28. The minimum atomic E-state index is -3.00. The van der Waals surface area contributed by atoms with Gasteiger partial charge in [-0.3, -0.25) is 0 Å². The van der Waals surface area contributed by atoms with Gasteiger partial charge in [0.05, 0.1) is 17.1 Å². The first-order valence-corrected chi connectivity index (χ1v) is 8.14. The molecule has 1 heterocycles. The van der Waals surface area contributed by atoms with Gasteiger partial charge in [-0.2, -0.15) is 0 Å². The lowest BCUT2D eigenvalue weighted by molar-refractivity contribution is 0.0698. The molecule has 1 aliphatic rings. The standard InChI is InChI=1S/C13H18N2O4S/c1-8-5-10(6-11(12(8)14)13(16)17)15-3-4-20(18,19)7-9(15)2/h5-6,9H,3-4,7,14H2,1-2H3,(H,16,17). The Morgan fingerprint density at radius 1 is 1.45 bits per heavy atom. The Hall–Kier alpha value is -1.76. The van der Waals surface area contributed by atoms with Gasteiger partial charge in [0.1, 0.15) is 0 Å². The third-order valence-electron chi connectivity index (χ3n) is 3.60. The van der Waals surface area contributed by atoms with Crippen LogP contribution in [0.3, 0.4) is 0 Å². The van der Waals surface area contributed by atoms with Crippen LogP contribution >= 0.6 is 0 Å². The number of carboxylic acid groups (broad SMARTS) is 1. The molecule has 1 fully saturated rings. The number of rotatable bonds is 2. The van der Waals surface area contributed by atoms with Crippen molar-refractivity contribution in [3.63, 3.8) is 0 Å². The van der Waals surface area contributed by atoms with E-state index < -0.39 is 15.8 Å². The number of nitrogens with two attached hydrogens (primary N) is 1. The van der Waals surface area contributed by atoms with Crippen LogP contribution in [-0.4, -0.2) is 43.6 Å². The van der Waals surface area contributed by atoms with Crippen LogP contribution in [0.4, 0.5) is 11.4 Å². The molecule has 0 amide bonds. The smallest absolute Gasteiger partial charge is 0.337 e. The first-order valence-electron chi connectivity index (χ1n) is 6.32. The number of benzene rings is 1. The molecule has 0 aromatic heterocycles. The maximum absolute atomic E-state index is 11.6. The summed E-state index contributed by atoms with van der Waals surface area (Å²) in [7, 11) is -3.00. The zero-order valence-electron chi connectivity index (χ0n) is 11.5. The molecule has 0 saturated carbocycles. The molecule has 2 rings (SSSR count). The van der Waals surface area contributed by atoms with Crippen LogP contribution in [0, 0.1) is 6.92 Å². The van der Waals surface area contributed by atoms with E-state index in [-0.39, 0.29) is 28.8 Å². The lowest BCUT2D eigenvalue weighted by Crippen LogP contribution is -2.47. The highest BCUT2D eigenvalue weighted by atomic mass is 32.2. The predicted octanol–water partition coefficient (Wildman–Crippen LogP) is 0.899. The Morgan fingerprint density at radius 3 is 2.65 bits per heavy atom. The molecule has 0 bridgehead atoms. The molecule has 1 aromatic rings. The first kappa shape index (κ1) is 14.6. The van der Waals surface area contributed by atoms with E-state index in [0.29, 0.717) is 17.8 Å². The second-order valence-corrected chi connectivity index (χ2v) is 7.41. The van der Waals surface area contributed by atoms with Crippen LogP contribution in [0.15, 0.2) is 12.1 Å². The van der Waals surface area contributed by atoms with Gasteiger partial charge in [-0.25, -0.2) is 13.2 Å². The molecule has 0 spiro atoms. The number of carbonyl (C=O) groups is 1. The molecule has 1 saturated heterocycles. The summed E-state index contributed by atoms with van der Waals surface area (Å²) in [4.78, 5) is 13.1. The molecule has 20 heavy (non-hydrogen) atoms. The van der Waals surface area contributed by atoms with Gasteiger partial charge in [0.15, 0.2) is 9.84 Å². The van der Waals surface area contributed by atoms with Gasteiger partial charge in [0, 0.05) is 24.0 Å². The molecule has 1 atom stereocenters. The van der Waals surface area contributed by atoms with Crippen LogP contribution in [0.25, 0.3) is 0 Å². The van der Waals surface area contributed by atoms with Crippen molar-refractivity contribution >= 4 is 27.2 Å². The highest BCUT2D eigenvalue weighted by molar-refractivity contribution is 7.91. The number of carboxylic acids is 1. The third kappa shape index (κ3) is 2.72. The summed E-state index contributed by atoms with van der Waals surface area (Å²) in [5, 5.41) is 9.17. The monoisotopic (exact) mass is 298 g/mol. The van der Waals surface area contributed by atoms with E-state index in [1.165, 1.54) is 6.07 Å². The Bertz CT molecular complexity index is 655. The molecule has 110 valence electrons. The van der Waals surface area contributed by atoms with E-state index in [4.69, 9.17) is 10.8 Å². The van der Waals surface area contributed by atoms with Gasteiger partial charge in [-0.1, -0.05) is 0 Å². The number of aromatic carboxylic acids is 1. The van der Waals surface area contributed by atoms with Crippen molar-refractivity contribution in [2.45, 2.75) is 19.9 Å². The SMILES string of the molecule is Cc1cc(N2CCS(=O)(=O)CC2C)cc(C(=O)O)c1N. The average molecular weight is 298 g/mol. The van der Waals surface area contributed by atoms with Crippen molar-refractivity contribution in [2.75, 3.05) is 28.7 Å². The molecule has 7 heteroatoms. The van der Waals surface area contributed by atoms with E-state index >= 15 is 0 Å². The fraction of sp³-hybridized carbons (Fsp3) is 0.462. The number of nitrogen functional groups attached to an aromatic ring is 1. The zero-order valence-corrected chi connectivity index (χ0v) is 12.3. The van der Waals surface area contributed by atoms with Gasteiger partial charge < -0.3 is 15.7 Å². The van der Waals surface area contributed by atoms with Crippen molar-refractivity contribution in [1.82, 2.24) is 0 Å². The normalized spacial score (nSPS) is 21.7. The average Bonchev–Trinajstić information content (AvgIpc) is 2.31. The number of anilines is 2. The van der Waals surface area contributed by atoms with Gasteiger partial charge >= 0.3 is 5.97 Å². The van der Waals surface area contributed by atoms with Gasteiger partial charge in [-0.15, -0.1) is 0 Å². The van der Waals surface area contributed by atoms with Crippen LogP contribution in [-0.2, 0) is 9.84 Å².